The zero-order chi connectivity index (χ0) is 13.2. The Labute approximate surface area is 116 Å². The molecule has 1 aliphatic rings. The van der Waals surface area contributed by atoms with Gasteiger partial charge in [0, 0.05) is 51.4 Å². The van der Waals surface area contributed by atoms with Gasteiger partial charge in [-0.2, -0.15) is 0 Å². The molecular weight excluding hydrogens is 316 g/mol. The third-order valence-electron chi connectivity index (χ3n) is 3.07. The minimum Gasteiger partial charge on any atom is -0.337 e. The zero-order valence-electron chi connectivity index (χ0n) is 10.1. The maximum Gasteiger partial charge on any atom is 0.253 e. The molecule has 0 radical (unpaired) electrons. The minimum absolute atomic E-state index is 0.0000491. The lowest BCUT2D eigenvalue weighted by Crippen LogP contribution is -2.43. The van der Waals surface area contributed by atoms with E-state index in [2.05, 4.69) is 20.3 Å². The Morgan fingerprint density at radius 3 is 2.33 bits per heavy atom. The summed E-state index contributed by atoms with van der Waals surface area (Å²) in [6, 6.07) is 7.29. The number of rotatable bonds is 1. The Bertz CT molecular complexity index is 548. The van der Waals surface area contributed by atoms with Crippen LogP contribution in [0, 0.1) is 0 Å². The fraction of sp³-hybridized carbons (Fsp3) is 0.417. The first-order valence-electron chi connectivity index (χ1n) is 5.69. The van der Waals surface area contributed by atoms with E-state index in [1.165, 1.54) is 0 Å². The quantitative estimate of drug-likeness (QED) is 0.790. The molecule has 1 aliphatic heterocycles. The van der Waals surface area contributed by atoms with Crippen LogP contribution >= 0.6 is 15.9 Å². The SMILES string of the molecule is CN=S1(=O)CCN(C(=O)c2ccc(Br)cc2)CC1. The van der Waals surface area contributed by atoms with Gasteiger partial charge in [-0.25, -0.2) is 8.57 Å². The Morgan fingerprint density at radius 2 is 1.83 bits per heavy atom. The number of carbonyl (C=O) groups is 1. The van der Waals surface area contributed by atoms with Crippen molar-refractivity contribution in [2.45, 2.75) is 0 Å². The molecule has 0 saturated carbocycles. The van der Waals surface area contributed by atoms with Gasteiger partial charge < -0.3 is 4.90 Å². The van der Waals surface area contributed by atoms with E-state index in [1.54, 1.807) is 24.1 Å². The Balaban J connectivity index is 2.08. The predicted octanol–water partition coefficient (Wildman–Crippen LogP) is 2.00. The smallest absolute Gasteiger partial charge is 0.253 e. The standard InChI is InChI=1S/C12H15BrN2O2S/c1-14-18(17)8-6-15(7-9-18)12(16)10-2-4-11(13)5-3-10/h2-5H,6-9H2,1H3. The van der Waals surface area contributed by atoms with E-state index in [4.69, 9.17) is 0 Å². The maximum atomic E-state index is 12.2. The molecule has 1 saturated heterocycles. The second kappa shape index (κ2) is 5.40. The van der Waals surface area contributed by atoms with Gasteiger partial charge in [-0.15, -0.1) is 0 Å². The minimum atomic E-state index is -2.06. The number of carbonyl (C=O) groups excluding carboxylic acids is 1. The van der Waals surface area contributed by atoms with Gasteiger partial charge in [0.1, 0.15) is 0 Å². The molecule has 0 bridgehead atoms. The van der Waals surface area contributed by atoms with Gasteiger partial charge in [0.2, 0.25) is 0 Å². The number of hydrogen-bond acceptors (Lipinski definition) is 3. The van der Waals surface area contributed by atoms with Crippen LogP contribution in [-0.4, -0.2) is 46.7 Å². The van der Waals surface area contributed by atoms with E-state index < -0.39 is 9.73 Å². The van der Waals surface area contributed by atoms with Gasteiger partial charge >= 0.3 is 0 Å². The molecule has 0 spiro atoms. The van der Waals surface area contributed by atoms with E-state index in [-0.39, 0.29) is 5.91 Å². The first kappa shape index (κ1) is 13.5. The first-order valence-corrected chi connectivity index (χ1v) is 8.34. The molecular formula is C12H15BrN2O2S. The molecule has 1 amide bonds. The topological polar surface area (TPSA) is 49.7 Å². The number of halogens is 1. The summed E-state index contributed by atoms with van der Waals surface area (Å²) in [7, 11) is -0.468. The molecule has 4 nitrogen and oxygen atoms in total. The van der Waals surface area contributed by atoms with Crippen molar-refractivity contribution in [1.82, 2.24) is 4.90 Å². The fourth-order valence-corrected chi connectivity index (χ4v) is 3.73. The van der Waals surface area contributed by atoms with Crippen molar-refractivity contribution >= 4 is 31.6 Å². The lowest BCUT2D eigenvalue weighted by molar-refractivity contribution is 0.0771. The second-order valence-corrected chi connectivity index (χ2v) is 7.80. The molecule has 1 fully saturated rings. The normalized spacial score (nSPS) is 18.4. The summed E-state index contributed by atoms with van der Waals surface area (Å²) < 4.78 is 16.9. The summed E-state index contributed by atoms with van der Waals surface area (Å²) >= 11 is 3.34. The van der Waals surface area contributed by atoms with E-state index >= 15 is 0 Å². The zero-order valence-corrected chi connectivity index (χ0v) is 12.5. The second-order valence-electron chi connectivity index (χ2n) is 4.16. The van der Waals surface area contributed by atoms with Crippen LogP contribution in [0.25, 0.3) is 0 Å². The Kier molecular flexibility index (Phi) is 4.07. The number of benzene rings is 1. The highest BCUT2D eigenvalue weighted by molar-refractivity contribution is 9.10. The van der Waals surface area contributed by atoms with Crippen LogP contribution in [0.3, 0.4) is 0 Å². The predicted molar refractivity (Wildman–Crippen MR) is 76.3 cm³/mol. The molecule has 6 heteroatoms. The summed E-state index contributed by atoms with van der Waals surface area (Å²) in [5.41, 5.74) is 0.667. The van der Waals surface area contributed by atoms with Crippen LogP contribution in [0.2, 0.25) is 0 Å². The van der Waals surface area contributed by atoms with Gasteiger partial charge in [0.25, 0.3) is 5.91 Å². The third kappa shape index (κ3) is 2.92. The van der Waals surface area contributed by atoms with Crippen LogP contribution < -0.4 is 0 Å². The number of amides is 1. The Morgan fingerprint density at radius 1 is 1.28 bits per heavy atom. The molecule has 1 aromatic carbocycles. The third-order valence-corrected chi connectivity index (χ3v) is 5.91. The van der Waals surface area contributed by atoms with Crippen molar-refractivity contribution in [3.05, 3.63) is 34.3 Å². The highest BCUT2D eigenvalue weighted by Crippen LogP contribution is 2.14. The maximum absolute atomic E-state index is 12.2. The van der Waals surface area contributed by atoms with Crippen LogP contribution in [-0.2, 0) is 9.73 Å². The summed E-state index contributed by atoms with van der Waals surface area (Å²) in [5.74, 6) is 0.956. The van der Waals surface area contributed by atoms with E-state index in [9.17, 15) is 9.00 Å². The van der Waals surface area contributed by atoms with Gasteiger partial charge in [-0.1, -0.05) is 15.9 Å². The van der Waals surface area contributed by atoms with Gasteiger partial charge in [-0.3, -0.25) is 4.79 Å². The van der Waals surface area contributed by atoms with Gasteiger partial charge in [0.05, 0.1) is 0 Å². The fourth-order valence-electron chi connectivity index (χ4n) is 1.88. The lowest BCUT2D eigenvalue weighted by atomic mass is 10.2. The molecule has 2 rings (SSSR count). The highest BCUT2D eigenvalue weighted by Gasteiger charge is 2.24. The van der Waals surface area contributed by atoms with Crippen molar-refractivity contribution in [1.29, 1.82) is 0 Å². The molecule has 1 heterocycles. The molecule has 0 N–H and O–H groups in total. The monoisotopic (exact) mass is 330 g/mol. The highest BCUT2D eigenvalue weighted by atomic mass is 79.9. The summed E-state index contributed by atoms with van der Waals surface area (Å²) in [6.07, 6.45) is 0. The van der Waals surface area contributed by atoms with Crippen LogP contribution in [0.15, 0.2) is 33.1 Å². The van der Waals surface area contributed by atoms with Gasteiger partial charge in [0.15, 0.2) is 0 Å². The van der Waals surface area contributed by atoms with E-state index in [0.29, 0.717) is 30.2 Å². The molecule has 98 valence electrons. The van der Waals surface area contributed by atoms with Crippen molar-refractivity contribution in [2.24, 2.45) is 4.36 Å². The average Bonchev–Trinajstić information content (AvgIpc) is 2.40. The summed E-state index contributed by atoms with van der Waals surface area (Å²) in [4.78, 5) is 13.9. The van der Waals surface area contributed by atoms with Crippen LogP contribution in [0.5, 0.6) is 0 Å². The molecule has 0 atom stereocenters. The first-order chi connectivity index (χ1) is 8.54. The molecule has 18 heavy (non-hydrogen) atoms. The Hall–Kier alpha value is -0.880. The summed E-state index contributed by atoms with van der Waals surface area (Å²) in [5, 5.41) is 0. The molecule has 0 aromatic heterocycles. The van der Waals surface area contributed by atoms with E-state index in [0.717, 1.165) is 4.47 Å². The summed E-state index contributed by atoms with van der Waals surface area (Å²) in [6.45, 7) is 1.04. The lowest BCUT2D eigenvalue weighted by Gasteiger charge is -2.28. The van der Waals surface area contributed by atoms with Crippen LogP contribution in [0.4, 0.5) is 0 Å². The largest absolute Gasteiger partial charge is 0.337 e. The van der Waals surface area contributed by atoms with Crippen LogP contribution in [0.1, 0.15) is 10.4 Å². The van der Waals surface area contributed by atoms with Crippen molar-refractivity contribution in [2.75, 3.05) is 31.6 Å². The number of nitrogens with zero attached hydrogens (tertiary/aromatic N) is 2. The molecule has 0 unspecified atom stereocenters. The van der Waals surface area contributed by atoms with Gasteiger partial charge in [-0.05, 0) is 24.3 Å². The average molecular weight is 331 g/mol. The number of hydrogen-bond donors (Lipinski definition) is 0. The molecule has 0 aliphatic carbocycles. The van der Waals surface area contributed by atoms with E-state index in [1.807, 2.05) is 12.1 Å². The van der Waals surface area contributed by atoms with Crippen molar-refractivity contribution in [3.8, 4) is 0 Å². The van der Waals surface area contributed by atoms with Crippen molar-refractivity contribution in [3.63, 3.8) is 0 Å². The van der Waals surface area contributed by atoms with Crippen molar-refractivity contribution < 1.29 is 9.00 Å². The molecule has 1 aromatic rings.